The number of esters is 1. The summed E-state index contributed by atoms with van der Waals surface area (Å²) >= 11 is 0. The summed E-state index contributed by atoms with van der Waals surface area (Å²) in [6.45, 7) is 5.71. The number of nitrogens with zero attached hydrogens (tertiary/aromatic N) is 1. The van der Waals surface area contributed by atoms with Gasteiger partial charge in [-0.15, -0.1) is 0 Å². The summed E-state index contributed by atoms with van der Waals surface area (Å²) in [6, 6.07) is 2.20. The van der Waals surface area contributed by atoms with Gasteiger partial charge >= 0.3 is 5.97 Å². The van der Waals surface area contributed by atoms with Gasteiger partial charge in [-0.1, -0.05) is 6.92 Å². The maximum Gasteiger partial charge on any atom is 0.341 e. The molecule has 1 N–H and O–H groups in total. The van der Waals surface area contributed by atoms with Crippen molar-refractivity contribution in [3.63, 3.8) is 0 Å². The van der Waals surface area contributed by atoms with Crippen LogP contribution >= 0.6 is 0 Å². The number of ether oxygens (including phenoxy) is 1. The van der Waals surface area contributed by atoms with Crippen molar-refractivity contribution in [2.24, 2.45) is 0 Å². The fourth-order valence-corrected chi connectivity index (χ4v) is 1.97. The van der Waals surface area contributed by atoms with Crippen LogP contribution in [0.2, 0.25) is 0 Å². The summed E-state index contributed by atoms with van der Waals surface area (Å²) in [5.74, 6) is 0.349. The molecule has 0 bridgehead atoms. The third-order valence-corrected chi connectivity index (χ3v) is 3.18. The van der Waals surface area contributed by atoms with Crippen LogP contribution in [-0.4, -0.2) is 43.7 Å². The molecule has 5 heteroatoms. The lowest BCUT2D eigenvalue weighted by Gasteiger charge is -2.37. The Morgan fingerprint density at radius 2 is 2.41 bits per heavy atom. The Bertz CT molecular complexity index is 385. The molecular formula is C12H18N2O3. The highest BCUT2D eigenvalue weighted by Crippen LogP contribution is 2.17. The molecule has 0 aromatic carbocycles. The second-order valence-electron chi connectivity index (χ2n) is 4.12. The quantitative estimate of drug-likeness (QED) is 0.771. The second-order valence-corrected chi connectivity index (χ2v) is 4.12. The van der Waals surface area contributed by atoms with E-state index in [1.54, 1.807) is 6.07 Å². The van der Waals surface area contributed by atoms with E-state index >= 15 is 0 Å². The van der Waals surface area contributed by atoms with E-state index in [0.717, 1.165) is 19.6 Å². The van der Waals surface area contributed by atoms with Crippen LogP contribution in [-0.2, 0) is 11.3 Å². The predicted octanol–water partition coefficient (Wildman–Crippen LogP) is 0.860. The molecule has 94 valence electrons. The van der Waals surface area contributed by atoms with E-state index in [9.17, 15) is 4.79 Å². The van der Waals surface area contributed by atoms with Gasteiger partial charge in [0.15, 0.2) is 0 Å². The molecule has 1 aliphatic rings. The van der Waals surface area contributed by atoms with Crippen LogP contribution in [0.1, 0.15) is 23.0 Å². The summed E-state index contributed by atoms with van der Waals surface area (Å²) in [4.78, 5) is 13.8. The van der Waals surface area contributed by atoms with Crippen molar-refractivity contribution in [1.82, 2.24) is 10.2 Å². The number of rotatable bonds is 5. The van der Waals surface area contributed by atoms with E-state index in [-0.39, 0.29) is 5.97 Å². The molecule has 0 amide bonds. The van der Waals surface area contributed by atoms with Crippen LogP contribution < -0.4 is 5.32 Å². The lowest BCUT2D eigenvalue weighted by atomic mass is 10.1. The molecule has 17 heavy (non-hydrogen) atoms. The van der Waals surface area contributed by atoms with Crippen molar-refractivity contribution in [2.45, 2.75) is 19.5 Å². The maximum atomic E-state index is 11.5. The molecule has 0 saturated carbocycles. The molecule has 1 fully saturated rings. The number of hydrogen-bond donors (Lipinski definition) is 1. The Labute approximate surface area is 101 Å². The van der Waals surface area contributed by atoms with Crippen molar-refractivity contribution < 1.29 is 13.9 Å². The second kappa shape index (κ2) is 5.33. The van der Waals surface area contributed by atoms with Gasteiger partial charge in [0.2, 0.25) is 0 Å². The van der Waals surface area contributed by atoms with E-state index in [4.69, 9.17) is 9.15 Å². The Morgan fingerprint density at radius 1 is 1.65 bits per heavy atom. The molecule has 1 saturated heterocycles. The van der Waals surface area contributed by atoms with Crippen LogP contribution in [0, 0.1) is 0 Å². The molecule has 1 aromatic heterocycles. The first-order valence-corrected chi connectivity index (χ1v) is 5.85. The standard InChI is InChI=1S/C12H18N2O3/c1-3-14(9-6-13-7-9)8-11-10(4-5-17-11)12(15)16-2/h4-5,9,13H,3,6-8H2,1-2H3. The minimum atomic E-state index is -0.337. The molecule has 5 nitrogen and oxygen atoms in total. The smallest absolute Gasteiger partial charge is 0.341 e. The monoisotopic (exact) mass is 238 g/mol. The fourth-order valence-electron chi connectivity index (χ4n) is 1.97. The lowest BCUT2D eigenvalue weighted by Crippen LogP contribution is -2.56. The van der Waals surface area contributed by atoms with Gasteiger partial charge < -0.3 is 14.5 Å². The normalized spacial score (nSPS) is 15.9. The first-order valence-electron chi connectivity index (χ1n) is 5.85. The minimum Gasteiger partial charge on any atom is -0.467 e. The Kier molecular flexibility index (Phi) is 3.81. The Morgan fingerprint density at radius 3 is 2.94 bits per heavy atom. The molecule has 0 radical (unpaired) electrons. The topological polar surface area (TPSA) is 54.7 Å². The van der Waals surface area contributed by atoms with Crippen molar-refractivity contribution in [1.29, 1.82) is 0 Å². The van der Waals surface area contributed by atoms with E-state index in [0.29, 0.717) is 23.9 Å². The van der Waals surface area contributed by atoms with Gasteiger partial charge in [0, 0.05) is 19.1 Å². The van der Waals surface area contributed by atoms with Gasteiger partial charge in [-0.3, -0.25) is 4.90 Å². The van der Waals surface area contributed by atoms with Crippen LogP contribution in [0.15, 0.2) is 16.7 Å². The zero-order chi connectivity index (χ0) is 12.3. The van der Waals surface area contributed by atoms with Gasteiger partial charge in [0.1, 0.15) is 11.3 Å². The fraction of sp³-hybridized carbons (Fsp3) is 0.583. The number of carbonyl (C=O) groups excluding carboxylic acids is 1. The number of carbonyl (C=O) groups is 1. The highest BCUT2D eigenvalue weighted by Gasteiger charge is 2.26. The van der Waals surface area contributed by atoms with E-state index in [1.807, 2.05) is 0 Å². The van der Waals surface area contributed by atoms with Gasteiger partial charge in [-0.05, 0) is 12.6 Å². The largest absolute Gasteiger partial charge is 0.467 e. The zero-order valence-corrected chi connectivity index (χ0v) is 10.2. The average molecular weight is 238 g/mol. The number of hydrogen-bond acceptors (Lipinski definition) is 5. The van der Waals surface area contributed by atoms with Crippen LogP contribution in [0.3, 0.4) is 0 Å². The Balaban J connectivity index is 2.06. The summed E-state index contributed by atoms with van der Waals surface area (Å²) in [6.07, 6.45) is 1.54. The van der Waals surface area contributed by atoms with E-state index in [1.165, 1.54) is 13.4 Å². The van der Waals surface area contributed by atoms with E-state index < -0.39 is 0 Å². The highest BCUT2D eigenvalue weighted by molar-refractivity contribution is 5.90. The average Bonchev–Trinajstić information content (AvgIpc) is 2.72. The molecule has 1 aromatic rings. The number of nitrogens with one attached hydrogen (secondary N) is 1. The van der Waals surface area contributed by atoms with E-state index in [2.05, 4.69) is 17.1 Å². The third kappa shape index (κ3) is 2.50. The molecule has 2 rings (SSSR count). The van der Waals surface area contributed by atoms with Crippen molar-refractivity contribution in [3.05, 3.63) is 23.7 Å². The molecule has 0 aliphatic carbocycles. The van der Waals surface area contributed by atoms with Crippen LogP contribution in [0.4, 0.5) is 0 Å². The first kappa shape index (κ1) is 12.1. The molecule has 0 spiro atoms. The SMILES string of the molecule is CCN(Cc1occc1C(=O)OC)C1CNC1. The van der Waals surface area contributed by atoms with Crippen molar-refractivity contribution in [2.75, 3.05) is 26.7 Å². The molecule has 2 heterocycles. The molecular weight excluding hydrogens is 220 g/mol. The van der Waals surface area contributed by atoms with Crippen molar-refractivity contribution in [3.8, 4) is 0 Å². The summed E-state index contributed by atoms with van der Waals surface area (Å²) in [5.41, 5.74) is 0.526. The van der Waals surface area contributed by atoms with Gasteiger partial charge in [0.25, 0.3) is 0 Å². The van der Waals surface area contributed by atoms with Crippen LogP contribution in [0.25, 0.3) is 0 Å². The summed E-state index contributed by atoms with van der Waals surface area (Å²) < 4.78 is 10.1. The summed E-state index contributed by atoms with van der Waals surface area (Å²) in [5, 5.41) is 3.24. The number of methoxy groups -OCH3 is 1. The van der Waals surface area contributed by atoms with Gasteiger partial charge in [-0.2, -0.15) is 0 Å². The first-order chi connectivity index (χ1) is 8.26. The minimum absolute atomic E-state index is 0.337. The molecule has 1 aliphatic heterocycles. The maximum absolute atomic E-state index is 11.5. The third-order valence-electron chi connectivity index (χ3n) is 3.18. The lowest BCUT2D eigenvalue weighted by molar-refractivity contribution is 0.0593. The van der Waals surface area contributed by atoms with Gasteiger partial charge in [-0.25, -0.2) is 4.79 Å². The summed E-state index contributed by atoms with van der Waals surface area (Å²) in [7, 11) is 1.38. The number of likely N-dealkylation sites (N-methyl/N-ethyl adjacent to an activating group) is 1. The predicted molar refractivity (Wildman–Crippen MR) is 62.8 cm³/mol. The molecule has 0 atom stereocenters. The molecule has 0 unspecified atom stereocenters. The Hall–Kier alpha value is -1.33. The number of furan rings is 1. The van der Waals surface area contributed by atoms with Crippen molar-refractivity contribution >= 4 is 5.97 Å². The zero-order valence-electron chi connectivity index (χ0n) is 10.2. The van der Waals surface area contributed by atoms with Gasteiger partial charge in [0.05, 0.1) is 19.9 Å². The highest BCUT2D eigenvalue weighted by atomic mass is 16.5. The van der Waals surface area contributed by atoms with Crippen LogP contribution in [0.5, 0.6) is 0 Å².